The Morgan fingerprint density at radius 3 is 2.44 bits per heavy atom. The summed E-state index contributed by atoms with van der Waals surface area (Å²) in [5.41, 5.74) is 8.02. The van der Waals surface area contributed by atoms with E-state index in [0.717, 1.165) is 12.0 Å². The van der Waals surface area contributed by atoms with Crippen molar-refractivity contribution >= 4 is 5.78 Å². The molecule has 0 aromatic heterocycles. The second-order valence-corrected chi connectivity index (χ2v) is 3.94. The van der Waals surface area contributed by atoms with Gasteiger partial charge in [0, 0.05) is 6.42 Å². The second-order valence-electron chi connectivity index (χ2n) is 3.94. The fourth-order valence-electron chi connectivity index (χ4n) is 1.54. The van der Waals surface area contributed by atoms with Crippen LogP contribution in [0.2, 0.25) is 0 Å². The number of benzene rings is 1. The van der Waals surface area contributed by atoms with Crippen molar-refractivity contribution < 1.29 is 4.79 Å². The van der Waals surface area contributed by atoms with Crippen molar-refractivity contribution in [3.05, 3.63) is 48.0 Å². The summed E-state index contributed by atoms with van der Waals surface area (Å²) in [5, 5.41) is 0. The Bertz CT molecular complexity index is 354. The molecule has 1 unspecified atom stereocenters. The van der Waals surface area contributed by atoms with Gasteiger partial charge in [0.25, 0.3) is 0 Å². The van der Waals surface area contributed by atoms with Gasteiger partial charge in [-0.05, 0) is 24.0 Å². The number of carbonyl (C=O) groups is 1. The third kappa shape index (κ3) is 3.63. The van der Waals surface area contributed by atoms with E-state index in [2.05, 4.69) is 25.6 Å². The highest BCUT2D eigenvalue weighted by atomic mass is 16.1. The van der Waals surface area contributed by atoms with Gasteiger partial charge >= 0.3 is 0 Å². The van der Waals surface area contributed by atoms with Crippen LogP contribution in [0, 0.1) is 0 Å². The van der Waals surface area contributed by atoms with E-state index in [4.69, 9.17) is 5.73 Å². The third-order valence-electron chi connectivity index (χ3n) is 2.64. The lowest BCUT2D eigenvalue weighted by Crippen LogP contribution is -2.31. The van der Waals surface area contributed by atoms with Crippen LogP contribution in [0.15, 0.2) is 36.9 Å². The summed E-state index contributed by atoms with van der Waals surface area (Å²) in [6.07, 6.45) is 3.66. The molecule has 0 amide bonds. The van der Waals surface area contributed by atoms with Crippen molar-refractivity contribution in [2.45, 2.75) is 32.2 Å². The highest BCUT2D eigenvalue weighted by Crippen LogP contribution is 2.07. The Hall–Kier alpha value is -1.41. The topological polar surface area (TPSA) is 43.1 Å². The molecule has 1 aromatic rings. The van der Waals surface area contributed by atoms with Crippen LogP contribution in [0.5, 0.6) is 0 Å². The van der Waals surface area contributed by atoms with Crippen LogP contribution in [-0.2, 0) is 17.6 Å². The number of nitrogens with two attached hydrogens (primary N) is 1. The van der Waals surface area contributed by atoms with E-state index < -0.39 is 6.04 Å². The summed E-state index contributed by atoms with van der Waals surface area (Å²) in [7, 11) is 0. The molecule has 0 bridgehead atoms. The van der Waals surface area contributed by atoms with Gasteiger partial charge in [-0.2, -0.15) is 0 Å². The van der Waals surface area contributed by atoms with Crippen LogP contribution < -0.4 is 5.73 Å². The van der Waals surface area contributed by atoms with E-state index in [1.165, 1.54) is 5.56 Å². The first-order chi connectivity index (χ1) is 7.67. The molecule has 86 valence electrons. The number of hydrogen-bond donors (Lipinski definition) is 1. The van der Waals surface area contributed by atoms with Gasteiger partial charge in [0.15, 0.2) is 5.78 Å². The Morgan fingerprint density at radius 1 is 1.38 bits per heavy atom. The molecule has 2 N–H and O–H groups in total. The molecule has 0 spiro atoms. The molecule has 0 radical (unpaired) electrons. The molecule has 16 heavy (non-hydrogen) atoms. The van der Waals surface area contributed by atoms with E-state index in [1.807, 2.05) is 12.1 Å². The van der Waals surface area contributed by atoms with Crippen LogP contribution in [0.1, 0.15) is 24.5 Å². The summed E-state index contributed by atoms with van der Waals surface area (Å²) < 4.78 is 0. The summed E-state index contributed by atoms with van der Waals surface area (Å²) in [5.74, 6) is 0.0733. The van der Waals surface area contributed by atoms with Crippen molar-refractivity contribution in [1.29, 1.82) is 0 Å². The predicted octanol–water partition coefficient (Wildman–Crippen LogP) is 2.26. The monoisotopic (exact) mass is 217 g/mol. The molecule has 0 heterocycles. The van der Waals surface area contributed by atoms with Gasteiger partial charge in [-0.1, -0.05) is 37.3 Å². The Morgan fingerprint density at radius 2 is 1.94 bits per heavy atom. The highest BCUT2D eigenvalue weighted by Gasteiger charge is 2.11. The summed E-state index contributed by atoms with van der Waals surface area (Å²) >= 11 is 0. The number of aryl methyl sites for hydroxylation is 1. The first-order valence-corrected chi connectivity index (χ1v) is 5.64. The zero-order chi connectivity index (χ0) is 12.0. The molecule has 2 nitrogen and oxygen atoms in total. The van der Waals surface area contributed by atoms with Gasteiger partial charge in [-0.25, -0.2) is 0 Å². The molecule has 0 aliphatic heterocycles. The molecule has 0 aliphatic rings. The first kappa shape index (κ1) is 12.7. The van der Waals surface area contributed by atoms with Crippen LogP contribution in [0.4, 0.5) is 0 Å². The number of ketones is 1. The zero-order valence-electron chi connectivity index (χ0n) is 9.78. The van der Waals surface area contributed by atoms with Crippen molar-refractivity contribution in [2.75, 3.05) is 0 Å². The summed E-state index contributed by atoms with van der Waals surface area (Å²) in [6.45, 7) is 5.69. The minimum atomic E-state index is -0.414. The van der Waals surface area contributed by atoms with E-state index in [1.54, 1.807) is 6.08 Å². The Labute approximate surface area is 97.2 Å². The van der Waals surface area contributed by atoms with E-state index in [9.17, 15) is 4.79 Å². The standard InChI is InChI=1S/C14H19NO/c1-3-5-13(15)14(16)10-12-8-6-11(4-2)7-9-12/h3,6-9,13H,1,4-5,10,15H2,2H3. The lowest BCUT2D eigenvalue weighted by atomic mass is 10.0. The molecule has 1 rings (SSSR count). The molecule has 0 saturated carbocycles. The van der Waals surface area contributed by atoms with E-state index in [0.29, 0.717) is 12.8 Å². The van der Waals surface area contributed by atoms with Crippen molar-refractivity contribution in [2.24, 2.45) is 5.73 Å². The fraction of sp³-hybridized carbons (Fsp3) is 0.357. The maximum absolute atomic E-state index is 11.7. The molecular formula is C14H19NO. The van der Waals surface area contributed by atoms with Gasteiger partial charge in [0.1, 0.15) is 0 Å². The van der Waals surface area contributed by atoms with Crippen molar-refractivity contribution in [3.8, 4) is 0 Å². The van der Waals surface area contributed by atoms with Crippen LogP contribution in [0.25, 0.3) is 0 Å². The lowest BCUT2D eigenvalue weighted by molar-refractivity contribution is -0.119. The average Bonchev–Trinajstić information content (AvgIpc) is 2.30. The van der Waals surface area contributed by atoms with Crippen LogP contribution in [0.3, 0.4) is 0 Å². The molecule has 1 atom stereocenters. The average molecular weight is 217 g/mol. The van der Waals surface area contributed by atoms with Gasteiger partial charge < -0.3 is 5.73 Å². The second kappa shape index (κ2) is 6.23. The molecule has 0 fully saturated rings. The smallest absolute Gasteiger partial charge is 0.154 e. The summed E-state index contributed by atoms with van der Waals surface area (Å²) in [6, 6.07) is 7.70. The lowest BCUT2D eigenvalue weighted by Gasteiger charge is -2.08. The van der Waals surface area contributed by atoms with Gasteiger partial charge in [-0.3, -0.25) is 4.79 Å². The van der Waals surface area contributed by atoms with E-state index >= 15 is 0 Å². The maximum Gasteiger partial charge on any atom is 0.154 e. The van der Waals surface area contributed by atoms with Gasteiger partial charge in [0.05, 0.1) is 6.04 Å². The van der Waals surface area contributed by atoms with Crippen LogP contribution >= 0.6 is 0 Å². The third-order valence-corrected chi connectivity index (χ3v) is 2.64. The maximum atomic E-state index is 11.7. The highest BCUT2D eigenvalue weighted by molar-refractivity contribution is 5.86. The Balaban J connectivity index is 2.58. The first-order valence-electron chi connectivity index (χ1n) is 5.64. The molecule has 1 aromatic carbocycles. The van der Waals surface area contributed by atoms with Crippen molar-refractivity contribution in [3.63, 3.8) is 0 Å². The van der Waals surface area contributed by atoms with Crippen LogP contribution in [-0.4, -0.2) is 11.8 Å². The number of Topliss-reactive ketones (excluding diaryl/α,β-unsaturated/α-hetero) is 1. The van der Waals surface area contributed by atoms with E-state index in [-0.39, 0.29) is 5.78 Å². The Kier molecular flexibility index (Phi) is 4.93. The zero-order valence-corrected chi connectivity index (χ0v) is 9.78. The normalized spacial score (nSPS) is 12.1. The SMILES string of the molecule is C=CCC(N)C(=O)Cc1ccc(CC)cc1. The molecule has 2 heteroatoms. The largest absolute Gasteiger partial charge is 0.321 e. The van der Waals surface area contributed by atoms with Crippen molar-refractivity contribution in [1.82, 2.24) is 0 Å². The minimum Gasteiger partial charge on any atom is -0.321 e. The molecule has 0 aliphatic carbocycles. The fourth-order valence-corrected chi connectivity index (χ4v) is 1.54. The predicted molar refractivity (Wildman–Crippen MR) is 67.3 cm³/mol. The number of hydrogen-bond acceptors (Lipinski definition) is 2. The number of carbonyl (C=O) groups excluding carboxylic acids is 1. The minimum absolute atomic E-state index is 0.0733. The quantitative estimate of drug-likeness (QED) is 0.743. The summed E-state index contributed by atoms with van der Waals surface area (Å²) in [4.78, 5) is 11.7. The molecular weight excluding hydrogens is 198 g/mol. The van der Waals surface area contributed by atoms with Gasteiger partial charge in [0.2, 0.25) is 0 Å². The molecule has 0 saturated heterocycles. The van der Waals surface area contributed by atoms with Gasteiger partial charge in [-0.15, -0.1) is 6.58 Å². The number of rotatable bonds is 6.